The molecule has 1 aliphatic heterocycles. The van der Waals surface area contributed by atoms with Crippen LogP contribution >= 0.6 is 12.4 Å². The quantitative estimate of drug-likeness (QED) is 0.638. The maximum atomic E-state index is 11.7. The van der Waals surface area contributed by atoms with Crippen LogP contribution in [0.3, 0.4) is 0 Å². The molecular formula is C11H24ClN3O3S. The van der Waals surface area contributed by atoms with Crippen molar-refractivity contribution >= 4 is 28.3 Å². The van der Waals surface area contributed by atoms with Crippen molar-refractivity contribution in [2.45, 2.75) is 19.8 Å². The van der Waals surface area contributed by atoms with Gasteiger partial charge in [-0.25, -0.2) is 12.7 Å². The molecule has 0 aliphatic carbocycles. The van der Waals surface area contributed by atoms with E-state index in [4.69, 9.17) is 0 Å². The van der Waals surface area contributed by atoms with E-state index in [1.807, 2.05) is 6.92 Å². The van der Waals surface area contributed by atoms with Crippen molar-refractivity contribution in [1.29, 1.82) is 0 Å². The zero-order valence-electron chi connectivity index (χ0n) is 11.5. The van der Waals surface area contributed by atoms with Crippen LogP contribution in [0.15, 0.2) is 0 Å². The van der Waals surface area contributed by atoms with Gasteiger partial charge in [0, 0.05) is 26.2 Å². The Balaban J connectivity index is 0.00000324. The highest BCUT2D eigenvalue weighted by atomic mass is 35.5. The molecule has 1 saturated heterocycles. The fourth-order valence-electron chi connectivity index (χ4n) is 2.05. The fraction of sp³-hybridized carbons (Fsp3) is 0.909. The molecule has 114 valence electrons. The molecule has 8 heteroatoms. The van der Waals surface area contributed by atoms with E-state index in [9.17, 15) is 13.2 Å². The molecule has 0 bridgehead atoms. The van der Waals surface area contributed by atoms with E-state index in [1.165, 1.54) is 10.6 Å². The largest absolute Gasteiger partial charge is 0.356 e. The second kappa shape index (κ2) is 8.73. The summed E-state index contributed by atoms with van der Waals surface area (Å²) in [6.07, 6.45) is 2.74. The van der Waals surface area contributed by atoms with E-state index >= 15 is 0 Å². The van der Waals surface area contributed by atoms with Crippen molar-refractivity contribution in [2.24, 2.45) is 5.92 Å². The molecule has 6 nitrogen and oxygen atoms in total. The van der Waals surface area contributed by atoms with E-state index in [1.54, 1.807) is 0 Å². The van der Waals surface area contributed by atoms with Crippen molar-refractivity contribution in [3.8, 4) is 0 Å². The van der Waals surface area contributed by atoms with E-state index < -0.39 is 10.0 Å². The Hall–Kier alpha value is -0.370. The highest BCUT2D eigenvalue weighted by Crippen LogP contribution is 2.06. The summed E-state index contributed by atoms with van der Waals surface area (Å²) in [4.78, 5) is 11.7. The Morgan fingerprint density at radius 2 is 2.16 bits per heavy atom. The van der Waals surface area contributed by atoms with Gasteiger partial charge in [-0.05, 0) is 19.4 Å². The molecular weight excluding hydrogens is 290 g/mol. The van der Waals surface area contributed by atoms with Crippen LogP contribution in [0.4, 0.5) is 0 Å². The van der Waals surface area contributed by atoms with Gasteiger partial charge < -0.3 is 10.6 Å². The van der Waals surface area contributed by atoms with E-state index in [0.29, 0.717) is 26.1 Å². The minimum absolute atomic E-state index is 0. The molecule has 0 aromatic carbocycles. The number of nitrogens with zero attached hydrogens (tertiary/aromatic N) is 1. The van der Waals surface area contributed by atoms with Gasteiger partial charge in [-0.15, -0.1) is 12.4 Å². The molecule has 1 amide bonds. The highest BCUT2D eigenvalue weighted by molar-refractivity contribution is 7.88. The normalized spacial score (nSPS) is 19.2. The molecule has 1 rings (SSSR count). The van der Waals surface area contributed by atoms with Crippen LogP contribution in [-0.2, 0) is 14.8 Å². The smallest absolute Gasteiger partial charge is 0.224 e. The summed E-state index contributed by atoms with van der Waals surface area (Å²) in [5, 5.41) is 6.00. The first kappa shape index (κ1) is 18.6. The SMILES string of the molecule is CCN(CCCNC(=O)C1CCNC1)S(C)(=O)=O.Cl. The zero-order chi connectivity index (χ0) is 13.6. The Morgan fingerprint density at radius 3 is 2.63 bits per heavy atom. The molecule has 2 N–H and O–H groups in total. The first-order valence-electron chi connectivity index (χ1n) is 6.38. The van der Waals surface area contributed by atoms with Crippen LogP contribution < -0.4 is 10.6 Å². The van der Waals surface area contributed by atoms with Crippen molar-refractivity contribution in [1.82, 2.24) is 14.9 Å². The van der Waals surface area contributed by atoms with Crippen LogP contribution in [0.1, 0.15) is 19.8 Å². The van der Waals surface area contributed by atoms with E-state index in [-0.39, 0.29) is 24.2 Å². The second-order valence-electron chi connectivity index (χ2n) is 4.59. The topological polar surface area (TPSA) is 78.5 Å². The highest BCUT2D eigenvalue weighted by Gasteiger charge is 2.21. The van der Waals surface area contributed by atoms with Crippen LogP contribution in [-0.4, -0.2) is 57.6 Å². The average Bonchev–Trinajstić information content (AvgIpc) is 2.80. The third-order valence-corrected chi connectivity index (χ3v) is 4.52. The third-order valence-electron chi connectivity index (χ3n) is 3.14. The monoisotopic (exact) mass is 313 g/mol. The number of carbonyl (C=O) groups is 1. The number of carbonyl (C=O) groups excluding carboxylic acids is 1. The molecule has 1 atom stereocenters. The summed E-state index contributed by atoms with van der Waals surface area (Å²) in [6.45, 7) is 4.91. The fourth-order valence-corrected chi connectivity index (χ4v) is 2.98. The number of sulfonamides is 1. The van der Waals surface area contributed by atoms with Crippen molar-refractivity contribution in [3.63, 3.8) is 0 Å². The molecule has 0 aromatic heterocycles. The lowest BCUT2D eigenvalue weighted by Gasteiger charge is -2.18. The molecule has 0 saturated carbocycles. The van der Waals surface area contributed by atoms with Gasteiger partial charge in [-0.3, -0.25) is 4.79 Å². The predicted molar refractivity (Wildman–Crippen MR) is 77.9 cm³/mol. The standard InChI is InChI=1S/C11H23N3O3S.ClH/c1-3-14(18(2,16)17)8-4-6-13-11(15)10-5-7-12-9-10;/h10,12H,3-9H2,1-2H3,(H,13,15);1H. The number of nitrogens with one attached hydrogen (secondary N) is 2. The van der Waals surface area contributed by atoms with Gasteiger partial charge in [-0.1, -0.05) is 6.92 Å². The number of rotatable bonds is 7. The van der Waals surface area contributed by atoms with Gasteiger partial charge in [0.1, 0.15) is 0 Å². The van der Waals surface area contributed by atoms with Gasteiger partial charge in [0.2, 0.25) is 15.9 Å². The summed E-state index contributed by atoms with van der Waals surface area (Å²) in [5.74, 6) is 0.143. The minimum atomic E-state index is -3.12. The number of halogens is 1. The lowest BCUT2D eigenvalue weighted by atomic mass is 10.1. The second-order valence-corrected chi connectivity index (χ2v) is 6.57. The molecule has 1 heterocycles. The van der Waals surface area contributed by atoms with Gasteiger partial charge in [0.05, 0.1) is 12.2 Å². The third kappa shape index (κ3) is 6.56. The van der Waals surface area contributed by atoms with Gasteiger partial charge >= 0.3 is 0 Å². The summed E-state index contributed by atoms with van der Waals surface area (Å²) in [7, 11) is -3.12. The summed E-state index contributed by atoms with van der Waals surface area (Å²) >= 11 is 0. The summed E-state index contributed by atoms with van der Waals surface area (Å²) < 4.78 is 24.1. The van der Waals surface area contributed by atoms with Crippen molar-refractivity contribution in [2.75, 3.05) is 39.0 Å². The van der Waals surface area contributed by atoms with Crippen molar-refractivity contribution in [3.05, 3.63) is 0 Å². The van der Waals surface area contributed by atoms with Crippen LogP contribution in [0.2, 0.25) is 0 Å². The van der Waals surface area contributed by atoms with Gasteiger partial charge in [0.25, 0.3) is 0 Å². The lowest BCUT2D eigenvalue weighted by molar-refractivity contribution is -0.124. The zero-order valence-corrected chi connectivity index (χ0v) is 13.1. The Labute approximate surface area is 121 Å². The minimum Gasteiger partial charge on any atom is -0.356 e. The molecule has 1 unspecified atom stereocenters. The number of amides is 1. The first-order valence-corrected chi connectivity index (χ1v) is 8.23. The maximum Gasteiger partial charge on any atom is 0.224 e. The number of hydrogen-bond donors (Lipinski definition) is 2. The molecule has 0 aromatic rings. The van der Waals surface area contributed by atoms with Crippen molar-refractivity contribution < 1.29 is 13.2 Å². The molecule has 19 heavy (non-hydrogen) atoms. The van der Waals surface area contributed by atoms with Crippen LogP contribution in [0.5, 0.6) is 0 Å². The molecule has 0 spiro atoms. The predicted octanol–water partition coefficient (Wildman–Crippen LogP) is -0.194. The molecule has 1 aliphatic rings. The van der Waals surface area contributed by atoms with Crippen LogP contribution in [0, 0.1) is 5.92 Å². The first-order chi connectivity index (χ1) is 8.45. The molecule has 1 fully saturated rings. The average molecular weight is 314 g/mol. The molecule has 0 radical (unpaired) electrons. The van der Waals surface area contributed by atoms with Gasteiger partial charge in [0.15, 0.2) is 0 Å². The summed E-state index contributed by atoms with van der Waals surface area (Å²) in [5.41, 5.74) is 0. The van der Waals surface area contributed by atoms with Gasteiger partial charge in [-0.2, -0.15) is 0 Å². The Bertz CT molecular complexity index is 369. The van der Waals surface area contributed by atoms with Crippen LogP contribution in [0.25, 0.3) is 0 Å². The van der Waals surface area contributed by atoms with E-state index in [0.717, 1.165) is 19.5 Å². The maximum absolute atomic E-state index is 11.7. The Morgan fingerprint density at radius 1 is 1.47 bits per heavy atom. The van der Waals surface area contributed by atoms with E-state index in [2.05, 4.69) is 10.6 Å². The summed E-state index contributed by atoms with van der Waals surface area (Å²) in [6, 6.07) is 0. The Kier molecular flexibility index (Phi) is 8.56. The number of hydrogen-bond acceptors (Lipinski definition) is 4. The lowest BCUT2D eigenvalue weighted by Crippen LogP contribution is -2.36.